The molecule has 0 amide bonds. The van der Waals surface area contributed by atoms with Crippen LogP contribution in [0.15, 0.2) is 394 Å². The van der Waals surface area contributed by atoms with Gasteiger partial charge in [0.2, 0.25) is 0 Å². The molecule has 0 bridgehead atoms. The first-order valence-electron chi connectivity index (χ1n) is 39.9. The molecule has 2 aliphatic heterocycles. The van der Waals surface area contributed by atoms with E-state index in [0.717, 1.165) is 106 Å². The van der Waals surface area contributed by atoms with Gasteiger partial charge in [-0.05, 0) is 209 Å². The van der Waals surface area contributed by atoms with Gasteiger partial charge in [-0.25, -0.2) is 0 Å². The predicted octanol–water partition coefficient (Wildman–Crippen LogP) is 26.7. The minimum Gasteiger partial charge on any atom is -0.311 e. The van der Waals surface area contributed by atoms with Crippen LogP contribution in [0.25, 0.3) is 186 Å². The maximum Gasteiger partial charge on any atom is 0.252 e. The zero-order valence-electron chi connectivity index (χ0n) is 62.3. The zero-order valence-corrected chi connectivity index (χ0v) is 62.3. The van der Waals surface area contributed by atoms with E-state index in [4.69, 9.17) is 0 Å². The van der Waals surface area contributed by atoms with Crippen molar-refractivity contribution in [3.05, 3.63) is 394 Å². The molecule has 6 nitrogen and oxygen atoms in total. The van der Waals surface area contributed by atoms with Crippen molar-refractivity contribution in [3.63, 3.8) is 0 Å². The van der Waals surface area contributed by atoms with Gasteiger partial charge < -0.3 is 28.1 Å². The lowest BCUT2D eigenvalue weighted by Gasteiger charge is -2.36. The first-order valence-corrected chi connectivity index (χ1v) is 39.9. The van der Waals surface area contributed by atoms with Crippen LogP contribution in [0, 0.1) is 0 Å². The van der Waals surface area contributed by atoms with Crippen molar-refractivity contribution < 1.29 is 0 Å². The van der Waals surface area contributed by atoms with E-state index in [-0.39, 0.29) is 6.71 Å². The maximum atomic E-state index is 2.77. The normalized spacial score (nSPS) is 12.5. The van der Waals surface area contributed by atoms with Gasteiger partial charge in [0.25, 0.3) is 6.71 Å². The fraction of sp³-hybridized carbons (Fsp3) is 0. The van der Waals surface area contributed by atoms with Gasteiger partial charge in [0.1, 0.15) is 0 Å². The number of benzene rings is 20. The molecule has 4 aromatic heterocycles. The highest BCUT2D eigenvalue weighted by atomic mass is 15.2. The summed E-state index contributed by atoms with van der Waals surface area (Å²) in [5.41, 5.74) is 26.2. The molecule has 0 aliphatic carbocycles. The molecule has 7 heteroatoms. The number of rotatable bonds is 9. The standard InChI is InChI=1S/C108H65BN6/c1-5-30-67(31-6-1)110(68-32-7-2-8-33-68)71-56-58-95-86(62-71)88-63-72(111(69-34-9-3-10-35-69)70-36-11-4-12-37-70)64-89-107(88)114(95)99-60-66(101-96(112-91-50-25-21-44-79(91)80-45-22-26-51-92(80)112)54-29-55-97(101)113-93-52-27-23-46-81(93)82-47-24-28-53-94(82)113)61-100-106(99)109(89)90-65-87-78-43-16-14-39-74(78)76-41-18-20-49-84(76)103(87)105-104-98(115(100)108(90)105)59-57-85-77-42-15-13-38-73(77)75-40-17-19-48-83(75)102(85)104/h1-65H. The van der Waals surface area contributed by atoms with Crippen molar-refractivity contribution in [2.24, 2.45) is 0 Å². The maximum absolute atomic E-state index is 2.77. The monoisotopic (exact) mass is 1460 g/mol. The number of aromatic nitrogens is 4. The number of anilines is 6. The molecule has 530 valence electrons. The highest BCUT2D eigenvalue weighted by Crippen LogP contribution is 2.53. The second-order valence-corrected chi connectivity index (χ2v) is 31.3. The second-order valence-electron chi connectivity index (χ2n) is 31.3. The third kappa shape index (κ3) is 8.57. The smallest absolute Gasteiger partial charge is 0.252 e. The van der Waals surface area contributed by atoms with Crippen LogP contribution >= 0.6 is 0 Å². The molecule has 26 rings (SSSR count). The van der Waals surface area contributed by atoms with E-state index >= 15 is 0 Å². The first-order chi connectivity index (χ1) is 57.1. The second kappa shape index (κ2) is 23.7. The van der Waals surface area contributed by atoms with Gasteiger partial charge in [-0.2, -0.15) is 0 Å². The van der Waals surface area contributed by atoms with Crippen molar-refractivity contribution in [2.75, 3.05) is 9.80 Å². The molecular formula is C108H65BN6. The Morgan fingerprint density at radius 3 is 1.00 bits per heavy atom. The van der Waals surface area contributed by atoms with E-state index in [0.29, 0.717) is 0 Å². The predicted molar refractivity (Wildman–Crippen MR) is 488 cm³/mol. The van der Waals surface area contributed by atoms with Crippen LogP contribution in [0.4, 0.5) is 34.1 Å². The van der Waals surface area contributed by atoms with Crippen LogP contribution < -0.4 is 26.2 Å². The summed E-state index contributed by atoms with van der Waals surface area (Å²) in [6.07, 6.45) is 0. The zero-order chi connectivity index (χ0) is 74.8. The highest BCUT2D eigenvalue weighted by molar-refractivity contribution is 7.00. The van der Waals surface area contributed by atoms with Crippen LogP contribution in [0.3, 0.4) is 0 Å². The summed E-state index contributed by atoms with van der Waals surface area (Å²) in [4.78, 5) is 4.91. The average Bonchev–Trinajstić information content (AvgIpc) is 1.51. The molecule has 0 saturated heterocycles. The Hall–Kier alpha value is -15.2. The van der Waals surface area contributed by atoms with Crippen molar-refractivity contribution >= 4 is 209 Å². The topological polar surface area (TPSA) is 26.2 Å². The Morgan fingerprint density at radius 2 is 0.530 bits per heavy atom. The molecule has 20 aromatic carbocycles. The number of para-hydroxylation sites is 8. The molecule has 0 fully saturated rings. The Bertz CT molecular complexity index is 8010. The number of fused-ring (bicyclic) bond motifs is 30. The fourth-order valence-electron chi connectivity index (χ4n) is 21.1. The molecule has 24 aromatic rings. The van der Waals surface area contributed by atoms with Crippen molar-refractivity contribution in [1.29, 1.82) is 0 Å². The van der Waals surface area contributed by atoms with Crippen LogP contribution in [-0.4, -0.2) is 25.0 Å². The molecule has 0 spiro atoms. The Morgan fingerprint density at radius 1 is 0.183 bits per heavy atom. The largest absolute Gasteiger partial charge is 0.311 e. The van der Waals surface area contributed by atoms with Crippen LogP contribution in [0.5, 0.6) is 0 Å². The van der Waals surface area contributed by atoms with Gasteiger partial charge in [-0.3, -0.25) is 0 Å². The summed E-state index contributed by atoms with van der Waals surface area (Å²) in [6.45, 7) is -0.321. The molecule has 0 atom stereocenters. The van der Waals surface area contributed by atoms with E-state index in [1.165, 1.54) is 130 Å². The first kappa shape index (κ1) is 62.6. The van der Waals surface area contributed by atoms with Crippen molar-refractivity contribution in [3.8, 4) is 33.9 Å². The average molecular weight is 1460 g/mol. The number of hydrogen-bond donors (Lipinski definition) is 0. The number of nitrogens with zero attached hydrogens (tertiary/aromatic N) is 6. The molecule has 6 heterocycles. The van der Waals surface area contributed by atoms with Crippen molar-refractivity contribution in [1.82, 2.24) is 18.3 Å². The van der Waals surface area contributed by atoms with Crippen LogP contribution in [-0.2, 0) is 0 Å². The summed E-state index contributed by atoms with van der Waals surface area (Å²) >= 11 is 0. The summed E-state index contributed by atoms with van der Waals surface area (Å²) in [5.74, 6) is 0. The van der Waals surface area contributed by atoms with Gasteiger partial charge in [0, 0.05) is 110 Å². The Labute approximate surface area is 660 Å². The van der Waals surface area contributed by atoms with E-state index in [1.807, 2.05) is 0 Å². The lowest BCUT2D eigenvalue weighted by atomic mass is 9.34. The summed E-state index contributed by atoms with van der Waals surface area (Å²) in [5, 5.41) is 24.7. The molecule has 0 N–H and O–H groups in total. The van der Waals surface area contributed by atoms with E-state index < -0.39 is 0 Å². The van der Waals surface area contributed by atoms with Crippen LogP contribution in [0.2, 0.25) is 0 Å². The lowest BCUT2D eigenvalue weighted by Crippen LogP contribution is -2.59. The lowest BCUT2D eigenvalue weighted by molar-refractivity contribution is 1.12. The Kier molecular flexibility index (Phi) is 12.9. The molecule has 0 saturated carbocycles. The van der Waals surface area contributed by atoms with Gasteiger partial charge in [-0.1, -0.05) is 261 Å². The molecule has 115 heavy (non-hydrogen) atoms. The summed E-state index contributed by atoms with van der Waals surface area (Å²) < 4.78 is 10.6. The van der Waals surface area contributed by atoms with Crippen molar-refractivity contribution in [2.45, 2.75) is 0 Å². The minimum absolute atomic E-state index is 0.321. The van der Waals surface area contributed by atoms with Gasteiger partial charge in [0.15, 0.2) is 0 Å². The van der Waals surface area contributed by atoms with Gasteiger partial charge in [-0.15, -0.1) is 0 Å². The molecule has 0 radical (unpaired) electrons. The molecule has 2 aliphatic rings. The number of hydrogen-bond acceptors (Lipinski definition) is 2. The molecule has 0 unspecified atom stereocenters. The molecular weight excluding hydrogens is 1390 g/mol. The fourth-order valence-corrected chi connectivity index (χ4v) is 21.1. The van der Waals surface area contributed by atoms with E-state index in [9.17, 15) is 0 Å². The van der Waals surface area contributed by atoms with E-state index in [1.54, 1.807) is 0 Å². The van der Waals surface area contributed by atoms with Crippen LogP contribution in [0.1, 0.15) is 0 Å². The van der Waals surface area contributed by atoms with Gasteiger partial charge >= 0.3 is 0 Å². The van der Waals surface area contributed by atoms with Gasteiger partial charge in [0.05, 0.1) is 50.0 Å². The minimum atomic E-state index is -0.321. The van der Waals surface area contributed by atoms with E-state index in [2.05, 4.69) is 422 Å². The summed E-state index contributed by atoms with van der Waals surface area (Å²) in [7, 11) is 0. The quantitative estimate of drug-likeness (QED) is 0.106. The third-order valence-electron chi connectivity index (χ3n) is 25.5. The highest BCUT2D eigenvalue weighted by Gasteiger charge is 2.44. The summed E-state index contributed by atoms with van der Waals surface area (Å²) in [6, 6.07) is 149. The third-order valence-corrected chi connectivity index (χ3v) is 25.5. The SMILES string of the molecule is c1ccc(N(c2ccccc2)c2ccc3c(c2)c2cc(N(c4ccccc4)c4ccccc4)cc4c2n3-c2cc(-c3c(-n5c6ccccc6c6ccccc65)cccc3-n3c5ccccc5c5ccccc53)cc3c2B4c2cc4c5ccccc5c5ccccc5c4c4c5c6c7ccccc7c7ccccc7c6ccc5n-3c24)cc1. The Balaban J connectivity index is 0.902.